The predicted octanol–water partition coefficient (Wildman–Crippen LogP) is 1.90. The molecule has 0 atom stereocenters. The number of nitrogen functional groups attached to an aromatic ring is 1. The van der Waals surface area contributed by atoms with Gasteiger partial charge in [0.2, 0.25) is 11.8 Å². The number of phenols is 1. The van der Waals surface area contributed by atoms with E-state index < -0.39 is 17.5 Å². The molecule has 2 aliphatic rings. The van der Waals surface area contributed by atoms with Crippen LogP contribution >= 0.6 is 0 Å². The van der Waals surface area contributed by atoms with Gasteiger partial charge in [-0.05, 0) is 49.2 Å². The molecular formula is C31H34FN7O5. The van der Waals surface area contributed by atoms with Crippen molar-refractivity contribution >= 4 is 29.1 Å². The number of aromatic hydroxyl groups is 1. The molecule has 2 fully saturated rings. The summed E-state index contributed by atoms with van der Waals surface area (Å²) in [6.07, 6.45) is 3.27. The molecule has 2 heterocycles. The Bertz CT molecular complexity index is 1570. The van der Waals surface area contributed by atoms with E-state index in [0.717, 1.165) is 23.9 Å². The number of phenolic OH excluding ortho intramolecular Hbond substituents is 1. The van der Waals surface area contributed by atoms with E-state index in [2.05, 4.69) is 30.6 Å². The highest BCUT2D eigenvalue weighted by Crippen LogP contribution is 2.31. The summed E-state index contributed by atoms with van der Waals surface area (Å²) < 4.78 is 19.0. The SMILES string of the molecule is COc1ccc(C(=O)/C=C/C(=O)N[C@H]2C[C@H](NC(=O)CN3CCN(c4cc(-c5ccccc5O)nnc4N)CC3)C2)c(F)c1. The zero-order valence-electron chi connectivity index (χ0n) is 24.2. The Morgan fingerprint density at radius 3 is 2.45 bits per heavy atom. The van der Waals surface area contributed by atoms with E-state index in [1.54, 1.807) is 18.2 Å². The Hall–Kier alpha value is -5.04. The Labute approximate surface area is 253 Å². The number of ether oxygens (including phenoxy) is 1. The van der Waals surface area contributed by atoms with Crippen molar-refractivity contribution in [2.45, 2.75) is 24.9 Å². The molecule has 0 spiro atoms. The second-order valence-corrected chi connectivity index (χ2v) is 10.8. The molecule has 0 radical (unpaired) electrons. The first-order valence-electron chi connectivity index (χ1n) is 14.2. The number of halogens is 1. The molecule has 1 aromatic heterocycles. The second-order valence-electron chi connectivity index (χ2n) is 10.8. The van der Waals surface area contributed by atoms with Crippen molar-refractivity contribution in [1.29, 1.82) is 0 Å². The summed E-state index contributed by atoms with van der Waals surface area (Å²) in [6.45, 7) is 2.83. The lowest BCUT2D eigenvalue weighted by Crippen LogP contribution is -2.56. The van der Waals surface area contributed by atoms with Crippen molar-refractivity contribution in [3.63, 3.8) is 0 Å². The highest BCUT2D eigenvalue weighted by Gasteiger charge is 2.31. The first kappa shape index (κ1) is 30.4. The summed E-state index contributed by atoms with van der Waals surface area (Å²) in [5, 5.41) is 24.2. The molecule has 1 aliphatic heterocycles. The molecule has 230 valence electrons. The van der Waals surface area contributed by atoms with E-state index in [0.29, 0.717) is 61.8 Å². The molecule has 5 rings (SSSR count). The number of nitrogens with two attached hydrogens (primary N) is 1. The number of ketones is 1. The van der Waals surface area contributed by atoms with Crippen LogP contribution in [0.2, 0.25) is 0 Å². The highest BCUT2D eigenvalue weighted by molar-refractivity contribution is 6.07. The summed E-state index contributed by atoms with van der Waals surface area (Å²) in [7, 11) is 1.40. The van der Waals surface area contributed by atoms with E-state index in [9.17, 15) is 23.9 Å². The van der Waals surface area contributed by atoms with Crippen LogP contribution in [0.25, 0.3) is 11.3 Å². The van der Waals surface area contributed by atoms with Crippen LogP contribution < -0.4 is 26.0 Å². The molecule has 5 N–H and O–H groups in total. The molecule has 3 aromatic rings. The molecule has 1 aliphatic carbocycles. The third-order valence-corrected chi connectivity index (χ3v) is 7.74. The molecule has 2 amide bonds. The molecule has 0 unspecified atom stereocenters. The number of benzene rings is 2. The van der Waals surface area contributed by atoms with Crippen molar-refractivity contribution in [3.8, 4) is 22.8 Å². The van der Waals surface area contributed by atoms with Crippen LogP contribution in [0.15, 0.2) is 60.7 Å². The maximum absolute atomic E-state index is 14.1. The van der Waals surface area contributed by atoms with E-state index in [4.69, 9.17) is 10.5 Å². The number of nitrogens with one attached hydrogen (secondary N) is 2. The number of allylic oxidation sites excluding steroid dienone is 1. The van der Waals surface area contributed by atoms with Crippen molar-refractivity contribution < 1.29 is 28.6 Å². The van der Waals surface area contributed by atoms with Gasteiger partial charge in [-0.3, -0.25) is 19.3 Å². The molecule has 1 saturated heterocycles. The summed E-state index contributed by atoms with van der Waals surface area (Å²) in [6, 6.07) is 12.4. The van der Waals surface area contributed by atoms with Crippen molar-refractivity contribution in [3.05, 3.63) is 72.1 Å². The van der Waals surface area contributed by atoms with Crippen LogP contribution in [0.1, 0.15) is 23.2 Å². The number of hydrogen-bond donors (Lipinski definition) is 4. The monoisotopic (exact) mass is 603 g/mol. The number of carbonyl (C=O) groups is 3. The van der Waals surface area contributed by atoms with Gasteiger partial charge in [0.15, 0.2) is 11.6 Å². The van der Waals surface area contributed by atoms with Crippen LogP contribution in [-0.4, -0.2) is 89.7 Å². The lowest BCUT2D eigenvalue weighted by atomic mass is 9.86. The van der Waals surface area contributed by atoms with E-state index in [1.165, 1.54) is 19.2 Å². The standard InChI is InChI=1S/C31H34FN7O5/c1-44-21-6-7-22(24(32)16-21)28(41)8-9-29(42)34-19-14-20(15-19)35-30(43)18-38-10-12-39(13-11-38)26-17-25(36-37-31(26)33)23-4-2-3-5-27(23)40/h2-9,16-17,19-20,40H,10-15,18H2,1H3,(H2,33,37)(H,34,42)(H,35,43)/b9-8+/t19-,20-. The minimum Gasteiger partial charge on any atom is -0.507 e. The van der Waals surface area contributed by atoms with Gasteiger partial charge in [0.25, 0.3) is 0 Å². The van der Waals surface area contributed by atoms with E-state index in [-0.39, 0.29) is 35.8 Å². The van der Waals surface area contributed by atoms with Crippen molar-refractivity contribution in [2.24, 2.45) is 0 Å². The number of methoxy groups -OCH3 is 1. The Morgan fingerprint density at radius 2 is 1.75 bits per heavy atom. The van der Waals surface area contributed by atoms with E-state index in [1.807, 2.05) is 12.1 Å². The third kappa shape index (κ3) is 7.29. The Morgan fingerprint density at radius 1 is 1.02 bits per heavy atom. The van der Waals surface area contributed by atoms with Gasteiger partial charge in [-0.15, -0.1) is 10.2 Å². The fraction of sp³-hybridized carbons (Fsp3) is 0.323. The Kier molecular flexibility index (Phi) is 9.34. The number of hydrogen-bond acceptors (Lipinski definition) is 10. The minimum atomic E-state index is -0.728. The Balaban J connectivity index is 1.02. The number of nitrogens with zero attached hydrogens (tertiary/aromatic N) is 4. The number of para-hydroxylation sites is 1. The largest absolute Gasteiger partial charge is 0.507 e. The molecule has 0 bridgehead atoms. The zero-order chi connectivity index (χ0) is 31.2. The smallest absolute Gasteiger partial charge is 0.244 e. The number of amides is 2. The van der Waals surface area contributed by atoms with Gasteiger partial charge in [-0.1, -0.05) is 12.1 Å². The lowest BCUT2D eigenvalue weighted by molar-refractivity contribution is -0.123. The van der Waals surface area contributed by atoms with Gasteiger partial charge in [0, 0.05) is 56.0 Å². The predicted molar refractivity (Wildman–Crippen MR) is 162 cm³/mol. The maximum Gasteiger partial charge on any atom is 0.244 e. The number of piperazine rings is 1. The van der Waals surface area contributed by atoms with Crippen LogP contribution in [0.5, 0.6) is 11.5 Å². The highest BCUT2D eigenvalue weighted by atomic mass is 19.1. The number of aromatic nitrogens is 2. The quantitative estimate of drug-likeness (QED) is 0.199. The van der Waals surface area contributed by atoms with Gasteiger partial charge in [-0.25, -0.2) is 4.39 Å². The summed E-state index contributed by atoms with van der Waals surface area (Å²) >= 11 is 0. The van der Waals surface area contributed by atoms with E-state index >= 15 is 0 Å². The fourth-order valence-corrected chi connectivity index (χ4v) is 5.26. The van der Waals surface area contributed by atoms with Crippen LogP contribution in [-0.2, 0) is 9.59 Å². The normalized spacial score (nSPS) is 18.5. The van der Waals surface area contributed by atoms with Gasteiger partial charge in [0.05, 0.1) is 30.6 Å². The molecule has 44 heavy (non-hydrogen) atoms. The average molecular weight is 604 g/mol. The summed E-state index contributed by atoms with van der Waals surface area (Å²) in [5.74, 6) is -1.20. The molecule has 12 nitrogen and oxygen atoms in total. The second kappa shape index (κ2) is 13.5. The van der Waals surface area contributed by atoms with Crippen LogP contribution in [0, 0.1) is 5.82 Å². The van der Waals surface area contributed by atoms with Gasteiger partial charge < -0.3 is 31.1 Å². The summed E-state index contributed by atoms with van der Waals surface area (Å²) in [4.78, 5) is 41.3. The van der Waals surface area contributed by atoms with Gasteiger partial charge in [-0.2, -0.15) is 0 Å². The van der Waals surface area contributed by atoms with Crippen molar-refractivity contribution in [2.75, 3.05) is 50.5 Å². The molecule has 13 heteroatoms. The zero-order valence-corrected chi connectivity index (χ0v) is 24.2. The molecular weight excluding hydrogens is 569 g/mol. The number of anilines is 2. The van der Waals surface area contributed by atoms with Crippen molar-refractivity contribution in [1.82, 2.24) is 25.7 Å². The first-order valence-corrected chi connectivity index (χ1v) is 14.2. The van der Waals surface area contributed by atoms with Crippen LogP contribution in [0.4, 0.5) is 15.9 Å². The topological polar surface area (TPSA) is 163 Å². The first-order chi connectivity index (χ1) is 21.2. The molecule has 1 saturated carbocycles. The molecule has 2 aromatic carbocycles. The van der Waals surface area contributed by atoms with Crippen LogP contribution in [0.3, 0.4) is 0 Å². The summed E-state index contributed by atoms with van der Waals surface area (Å²) in [5.41, 5.74) is 7.80. The number of rotatable bonds is 10. The van der Waals surface area contributed by atoms with Gasteiger partial charge >= 0.3 is 0 Å². The lowest BCUT2D eigenvalue weighted by Gasteiger charge is -2.38. The maximum atomic E-state index is 14.1. The third-order valence-electron chi connectivity index (χ3n) is 7.74. The minimum absolute atomic E-state index is 0.0522. The average Bonchev–Trinajstić information content (AvgIpc) is 2.99. The number of carbonyl (C=O) groups excluding carboxylic acids is 3. The van der Waals surface area contributed by atoms with Gasteiger partial charge in [0.1, 0.15) is 17.3 Å². The fourth-order valence-electron chi connectivity index (χ4n) is 5.26.